The zero-order valence-corrected chi connectivity index (χ0v) is 16.1. The number of anilines is 1. The highest BCUT2D eigenvalue weighted by Gasteiger charge is 2.29. The van der Waals surface area contributed by atoms with Crippen molar-refractivity contribution in [3.63, 3.8) is 0 Å². The second-order valence-corrected chi connectivity index (χ2v) is 7.89. The van der Waals surface area contributed by atoms with Crippen molar-refractivity contribution in [2.45, 2.75) is 29.5 Å². The first kappa shape index (κ1) is 18.3. The van der Waals surface area contributed by atoms with Crippen molar-refractivity contribution in [2.24, 2.45) is 0 Å². The Hall–Kier alpha value is -3.06. The minimum atomic E-state index is -0.425. The molecule has 1 aliphatic rings. The van der Waals surface area contributed by atoms with Crippen LogP contribution in [0, 0.1) is 0 Å². The lowest BCUT2D eigenvalue weighted by Gasteiger charge is -2.24. The summed E-state index contributed by atoms with van der Waals surface area (Å²) in [5.74, 6) is -0.269. The first-order valence-electron chi connectivity index (χ1n) is 9.04. The van der Waals surface area contributed by atoms with Crippen molar-refractivity contribution >= 4 is 29.3 Å². The number of benzene rings is 2. The van der Waals surface area contributed by atoms with Gasteiger partial charge < -0.3 is 15.2 Å². The van der Waals surface area contributed by atoms with Gasteiger partial charge in [0.25, 0.3) is 0 Å². The van der Waals surface area contributed by atoms with Gasteiger partial charge in [-0.05, 0) is 36.8 Å². The Kier molecular flexibility index (Phi) is 5.16. The summed E-state index contributed by atoms with van der Waals surface area (Å²) in [4.78, 5) is 29.8. The van der Waals surface area contributed by atoms with Crippen LogP contribution in [0.15, 0.2) is 72.1 Å². The number of carbonyl (C=O) groups excluding carboxylic acids is 2. The van der Waals surface area contributed by atoms with Gasteiger partial charge in [-0.15, -0.1) is 11.8 Å². The number of nitrogens with one attached hydrogen (secondary N) is 2. The molecule has 0 saturated heterocycles. The number of nitrogens with zero attached hydrogens (tertiary/aromatic N) is 2. The number of para-hydroxylation sites is 1. The SMILES string of the molecule is C[C@H](NC(=O)C[C@H]1Sc2ccccc2NC1=O)c1ccc(-n2ccnc2)cc1. The van der Waals surface area contributed by atoms with Gasteiger partial charge in [0.2, 0.25) is 11.8 Å². The topological polar surface area (TPSA) is 76.0 Å². The third kappa shape index (κ3) is 3.94. The van der Waals surface area contributed by atoms with Crippen LogP contribution >= 0.6 is 11.8 Å². The average molecular weight is 392 g/mol. The lowest BCUT2D eigenvalue weighted by molar-refractivity contribution is -0.124. The van der Waals surface area contributed by atoms with Crippen LogP contribution in [0.3, 0.4) is 0 Å². The number of hydrogen-bond acceptors (Lipinski definition) is 4. The van der Waals surface area contributed by atoms with Crippen molar-refractivity contribution in [3.8, 4) is 5.69 Å². The summed E-state index contributed by atoms with van der Waals surface area (Å²) in [6, 6.07) is 15.4. The van der Waals surface area contributed by atoms with Crippen molar-refractivity contribution in [3.05, 3.63) is 72.8 Å². The van der Waals surface area contributed by atoms with E-state index in [9.17, 15) is 9.59 Å². The van der Waals surface area contributed by atoms with E-state index in [1.165, 1.54) is 11.8 Å². The second kappa shape index (κ2) is 7.90. The van der Waals surface area contributed by atoms with E-state index in [0.717, 1.165) is 21.8 Å². The lowest BCUT2D eigenvalue weighted by Crippen LogP contribution is -2.35. The highest BCUT2D eigenvalue weighted by Crippen LogP contribution is 2.36. The summed E-state index contributed by atoms with van der Waals surface area (Å²) in [6.45, 7) is 1.94. The number of amides is 2. The molecular weight excluding hydrogens is 372 g/mol. The van der Waals surface area contributed by atoms with E-state index in [1.54, 1.807) is 12.5 Å². The maximum absolute atomic E-state index is 12.5. The van der Waals surface area contributed by atoms with Crippen LogP contribution in [0.5, 0.6) is 0 Å². The van der Waals surface area contributed by atoms with Gasteiger partial charge in [-0.2, -0.15) is 0 Å². The smallest absolute Gasteiger partial charge is 0.238 e. The molecule has 0 bridgehead atoms. The molecule has 0 aliphatic carbocycles. The van der Waals surface area contributed by atoms with Crippen molar-refractivity contribution in [1.82, 2.24) is 14.9 Å². The summed E-state index contributed by atoms with van der Waals surface area (Å²) in [6.07, 6.45) is 5.49. The summed E-state index contributed by atoms with van der Waals surface area (Å²) >= 11 is 1.44. The Labute approximate surface area is 167 Å². The normalized spacial score (nSPS) is 16.8. The second-order valence-electron chi connectivity index (χ2n) is 6.65. The molecule has 0 saturated carbocycles. The van der Waals surface area contributed by atoms with Gasteiger partial charge >= 0.3 is 0 Å². The van der Waals surface area contributed by atoms with Gasteiger partial charge in [0.15, 0.2) is 0 Å². The predicted molar refractivity (Wildman–Crippen MR) is 109 cm³/mol. The maximum atomic E-state index is 12.5. The standard InChI is InChI=1S/C21H20N4O2S/c1-14(15-6-8-16(9-7-15)25-11-10-22-13-25)23-20(26)12-19-21(27)24-17-4-2-3-5-18(17)28-19/h2-11,13-14,19H,12H2,1H3,(H,23,26)(H,24,27)/t14-,19+/m0/s1. The number of fused-ring (bicyclic) bond motifs is 1. The highest BCUT2D eigenvalue weighted by atomic mass is 32.2. The van der Waals surface area contributed by atoms with E-state index in [2.05, 4.69) is 15.6 Å². The van der Waals surface area contributed by atoms with E-state index >= 15 is 0 Å². The van der Waals surface area contributed by atoms with Crippen LogP contribution in [0.2, 0.25) is 0 Å². The number of thioether (sulfide) groups is 1. The summed E-state index contributed by atoms with van der Waals surface area (Å²) < 4.78 is 1.92. The average Bonchev–Trinajstić information content (AvgIpc) is 3.23. The van der Waals surface area contributed by atoms with Gasteiger partial charge in [-0.1, -0.05) is 24.3 Å². The fourth-order valence-electron chi connectivity index (χ4n) is 3.13. The first-order valence-corrected chi connectivity index (χ1v) is 9.92. The minimum Gasteiger partial charge on any atom is -0.350 e. The van der Waals surface area contributed by atoms with Gasteiger partial charge in [0, 0.05) is 29.4 Å². The molecular formula is C21H20N4O2S. The lowest BCUT2D eigenvalue weighted by atomic mass is 10.1. The molecule has 1 aromatic heterocycles. The predicted octanol–water partition coefficient (Wildman–Crippen LogP) is 3.55. The number of imidazole rings is 1. The van der Waals surface area contributed by atoms with Crippen LogP contribution < -0.4 is 10.6 Å². The quantitative estimate of drug-likeness (QED) is 0.696. The molecule has 0 fully saturated rings. The molecule has 6 nitrogen and oxygen atoms in total. The maximum Gasteiger partial charge on any atom is 0.238 e. The van der Waals surface area contributed by atoms with E-state index < -0.39 is 5.25 Å². The number of rotatable bonds is 5. The van der Waals surface area contributed by atoms with Gasteiger partial charge in [-0.3, -0.25) is 9.59 Å². The molecule has 1 aliphatic heterocycles. The third-order valence-corrected chi connectivity index (χ3v) is 5.93. The molecule has 4 rings (SSSR count). The Bertz CT molecular complexity index is 986. The van der Waals surface area contributed by atoms with Crippen LogP contribution in [0.1, 0.15) is 24.9 Å². The molecule has 2 atom stereocenters. The van der Waals surface area contributed by atoms with Crippen molar-refractivity contribution in [1.29, 1.82) is 0 Å². The van der Waals surface area contributed by atoms with Gasteiger partial charge in [-0.25, -0.2) is 4.98 Å². The molecule has 0 spiro atoms. The van der Waals surface area contributed by atoms with Crippen molar-refractivity contribution < 1.29 is 9.59 Å². The van der Waals surface area contributed by atoms with Crippen LogP contribution in [-0.4, -0.2) is 26.6 Å². The van der Waals surface area contributed by atoms with Crippen LogP contribution in [0.4, 0.5) is 5.69 Å². The Morgan fingerprint density at radius 1 is 1.25 bits per heavy atom. The molecule has 2 heterocycles. The summed E-state index contributed by atoms with van der Waals surface area (Å²) in [7, 11) is 0. The molecule has 0 unspecified atom stereocenters. The number of carbonyl (C=O) groups is 2. The van der Waals surface area contributed by atoms with E-state index in [1.807, 2.05) is 66.2 Å². The molecule has 0 radical (unpaired) electrons. The van der Waals surface area contributed by atoms with Crippen LogP contribution in [-0.2, 0) is 9.59 Å². The fraction of sp³-hybridized carbons (Fsp3) is 0.190. The molecule has 2 aromatic carbocycles. The minimum absolute atomic E-state index is 0.129. The van der Waals surface area contributed by atoms with E-state index in [0.29, 0.717) is 0 Å². The molecule has 7 heteroatoms. The summed E-state index contributed by atoms with van der Waals surface area (Å²) in [5, 5.41) is 5.44. The monoisotopic (exact) mass is 392 g/mol. The Balaban J connectivity index is 1.36. The van der Waals surface area contributed by atoms with Crippen molar-refractivity contribution in [2.75, 3.05) is 5.32 Å². The molecule has 2 N–H and O–H groups in total. The number of hydrogen-bond donors (Lipinski definition) is 2. The number of aromatic nitrogens is 2. The van der Waals surface area contributed by atoms with E-state index in [-0.39, 0.29) is 24.3 Å². The zero-order chi connectivity index (χ0) is 19.5. The molecule has 3 aromatic rings. The highest BCUT2D eigenvalue weighted by molar-refractivity contribution is 8.01. The van der Waals surface area contributed by atoms with Gasteiger partial charge in [0.05, 0.1) is 23.3 Å². The zero-order valence-electron chi connectivity index (χ0n) is 15.3. The third-order valence-electron chi connectivity index (χ3n) is 4.65. The summed E-state index contributed by atoms with van der Waals surface area (Å²) in [5.41, 5.74) is 2.82. The van der Waals surface area contributed by atoms with E-state index in [4.69, 9.17) is 0 Å². The molecule has 142 valence electrons. The Morgan fingerprint density at radius 3 is 2.79 bits per heavy atom. The van der Waals surface area contributed by atoms with Crippen LogP contribution in [0.25, 0.3) is 5.69 Å². The largest absolute Gasteiger partial charge is 0.350 e. The first-order chi connectivity index (χ1) is 13.6. The molecule has 28 heavy (non-hydrogen) atoms. The fourth-order valence-corrected chi connectivity index (χ4v) is 4.24. The molecule has 2 amide bonds. The van der Waals surface area contributed by atoms with Gasteiger partial charge in [0.1, 0.15) is 0 Å². The Morgan fingerprint density at radius 2 is 2.04 bits per heavy atom.